The number of hydrogen-bond acceptors (Lipinski definition) is 5. The van der Waals surface area contributed by atoms with Crippen molar-refractivity contribution < 1.29 is 4.79 Å². The summed E-state index contributed by atoms with van der Waals surface area (Å²) in [5.41, 5.74) is 2.17. The number of hydrazine groups is 1. The Morgan fingerprint density at radius 1 is 1.53 bits per heavy atom. The molecule has 0 aliphatic carbocycles. The van der Waals surface area contributed by atoms with Crippen LogP contribution in [0.4, 0.5) is 0 Å². The van der Waals surface area contributed by atoms with Gasteiger partial charge < -0.3 is 0 Å². The minimum Gasteiger partial charge on any atom is -0.293 e. The van der Waals surface area contributed by atoms with E-state index < -0.39 is 0 Å². The zero-order valence-corrected chi connectivity index (χ0v) is 8.50. The third-order valence-electron chi connectivity index (χ3n) is 2.73. The summed E-state index contributed by atoms with van der Waals surface area (Å²) in [6, 6.07) is -0.0432. The molecule has 2 rings (SSSR count). The summed E-state index contributed by atoms with van der Waals surface area (Å²) < 4.78 is 0. The third kappa shape index (κ3) is 1.83. The Labute approximate surface area is 87.2 Å². The summed E-state index contributed by atoms with van der Waals surface area (Å²) in [5.74, 6) is 4.95. The number of amides is 1. The first-order valence-corrected chi connectivity index (χ1v) is 4.79. The molecule has 0 radical (unpaired) electrons. The van der Waals surface area contributed by atoms with E-state index in [0.717, 1.165) is 6.54 Å². The maximum atomic E-state index is 11.4. The first-order valence-electron chi connectivity index (χ1n) is 4.79. The highest BCUT2D eigenvalue weighted by Crippen LogP contribution is 2.24. The number of rotatable bonds is 2. The van der Waals surface area contributed by atoms with E-state index in [1.165, 1.54) is 0 Å². The van der Waals surface area contributed by atoms with Gasteiger partial charge in [0.1, 0.15) is 0 Å². The van der Waals surface area contributed by atoms with Crippen LogP contribution in [0.3, 0.4) is 0 Å². The molecule has 1 fully saturated rings. The molecule has 0 saturated carbocycles. The van der Waals surface area contributed by atoms with Crippen LogP contribution in [0.25, 0.3) is 0 Å². The maximum Gasteiger partial charge on any atom is 0.251 e. The van der Waals surface area contributed by atoms with Gasteiger partial charge in [-0.05, 0) is 13.5 Å². The van der Waals surface area contributed by atoms with Gasteiger partial charge in [-0.2, -0.15) is 15.0 Å². The van der Waals surface area contributed by atoms with Crippen molar-refractivity contribution in [1.82, 2.24) is 25.3 Å². The lowest BCUT2D eigenvalue weighted by Gasteiger charge is -2.16. The average Bonchev–Trinajstić information content (AvgIpc) is 2.84. The first-order chi connectivity index (χ1) is 7.22. The van der Waals surface area contributed by atoms with Gasteiger partial charge in [0.2, 0.25) is 0 Å². The van der Waals surface area contributed by atoms with Crippen molar-refractivity contribution >= 4 is 5.91 Å². The number of likely N-dealkylation sites (tertiary alicyclic amines) is 1. The number of carbonyl (C=O) groups is 1. The molecule has 0 aromatic carbocycles. The lowest BCUT2D eigenvalue weighted by molar-refractivity contribution is -0.125. The Morgan fingerprint density at radius 3 is 2.80 bits per heavy atom. The molecule has 0 bridgehead atoms. The maximum absolute atomic E-state index is 11.4. The number of carbonyl (C=O) groups excluding carboxylic acids is 1. The topological polar surface area (TPSA) is 89.1 Å². The van der Waals surface area contributed by atoms with Crippen molar-refractivity contribution in [2.24, 2.45) is 5.84 Å². The molecule has 82 valence electrons. The predicted octanol–water partition coefficient (Wildman–Crippen LogP) is -1.49. The number of nitrogens with zero attached hydrogens (tertiary/aromatic N) is 4. The third-order valence-corrected chi connectivity index (χ3v) is 2.73. The van der Waals surface area contributed by atoms with Crippen LogP contribution >= 0.6 is 0 Å². The molecule has 1 aliphatic heterocycles. The highest BCUT2D eigenvalue weighted by Gasteiger charge is 2.35. The van der Waals surface area contributed by atoms with Gasteiger partial charge >= 0.3 is 0 Å². The van der Waals surface area contributed by atoms with Crippen molar-refractivity contribution in [1.29, 1.82) is 0 Å². The average molecular weight is 210 g/mol. The minimum absolute atomic E-state index is 0.146. The van der Waals surface area contributed by atoms with Gasteiger partial charge in [-0.1, -0.05) is 0 Å². The van der Waals surface area contributed by atoms with E-state index in [4.69, 9.17) is 5.84 Å². The molecule has 1 aromatic heterocycles. The SMILES string of the molecule is CN1C[C@@H](n2nccn2)C[C@H]1C(=O)NN. The zero-order chi connectivity index (χ0) is 10.8. The molecule has 3 N–H and O–H groups in total. The Morgan fingerprint density at radius 2 is 2.20 bits per heavy atom. The molecular weight excluding hydrogens is 196 g/mol. The van der Waals surface area contributed by atoms with Gasteiger partial charge in [0.05, 0.1) is 24.5 Å². The first kappa shape index (κ1) is 10.1. The van der Waals surface area contributed by atoms with E-state index >= 15 is 0 Å². The largest absolute Gasteiger partial charge is 0.293 e. The van der Waals surface area contributed by atoms with Crippen molar-refractivity contribution in [3.63, 3.8) is 0 Å². The van der Waals surface area contributed by atoms with Crippen LogP contribution in [-0.2, 0) is 4.79 Å². The highest BCUT2D eigenvalue weighted by molar-refractivity contribution is 5.81. The number of hydrogen-bond donors (Lipinski definition) is 2. The van der Waals surface area contributed by atoms with Crippen LogP contribution in [0.15, 0.2) is 12.4 Å². The molecule has 0 spiro atoms. The molecular formula is C8H14N6O. The summed E-state index contributed by atoms with van der Waals surface area (Å²) in [5, 5.41) is 8.14. The fraction of sp³-hybridized carbons (Fsp3) is 0.625. The molecule has 2 heterocycles. The Kier molecular flexibility index (Phi) is 2.65. The Bertz CT molecular complexity index is 337. The fourth-order valence-corrected chi connectivity index (χ4v) is 1.96. The predicted molar refractivity (Wildman–Crippen MR) is 52.4 cm³/mol. The van der Waals surface area contributed by atoms with Crippen molar-refractivity contribution in [3.05, 3.63) is 12.4 Å². The van der Waals surface area contributed by atoms with E-state index in [1.54, 1.807) is 17.2 Å². The van der Waals surface area contributed by atoms with Crippen LogP contribution in [0.5, 0.6) is 0 Å². The molecule has 1 amide bonds. The minimum atomic E-state index is -0.189. The van der Waals surface area contributed by atoms with Crippen LogP contribution in [0.1, 0.15) is 12.5 Å². The molecule has 7 nitrogen and oxygen atoms in total. The molecule has 1 saturated heterocycles. The quantitative estimate of drug-likeness (QED) is 0.353. The van der Waals surface area contributed by atoms with E-state index in [0.29, 0.717) is 6.42 Å². The summed E-state index contributed by atoms with van der Waals surface area (Å²) in [7, 11) is 1.89. The van der Waals surface area contributed by atoms with Crippen molar-refractivity contribution in [2.75, 3.05) is 13.6 Å². The van der Waals surface area contributed by atoms with E-state index in [9.17, 15) is 4.79 Å². The lowest BCUT2D eigenvalue weighted by Crippen LogP contribution is -2.44. The van der Waals surface area contributed by atoms with Gasteiger partial charge in [-0.3, -0.25) is 15.1 Å². The van der Waals surface area contributed by atoms with Gasteiger partial charge in [-0.25, -0.2) is 5.84 Å². The number of nitrogens with one attached hydrogen (secondary N) is 1. The summed E-state index contributed by atoms with van der Waals surface area (Å²) in [6.07, 6.45) is 3.96. The van der Waals surface area contributed by atoms with Crippen LogP contribution in [-0.4, -0.2) is 45.4 Å². The fourth-order valence-electron chi connectivity index (χ4n) is 1.96. The summed E-state index contributed by atoms with van der Waals surface area (Å²) in [6.45, 7) is 0.757. The van der Waals surface area contributed by atoms with Crippen molar-refractivity contribution in [3.8, 4) is 0 Å². The molecule has 0 unspecified atom stereocenters. The van der Waals surface area contributed by atoms with E-state index in [2.05, 4.69) is 15.6 Å². The lowest BCUT2D eigenvalue weighted by atomic mass is 10.2. The van der Waals surface area contributed by atoms with Crippen LogP contribution in [0.2, 0.25) is 0 Å². The summed E-state index contributed by atoms with van der Waals surface area (Å²) >= 11 is 0. The second-order valence-electron chi connectivity index (χ2n) is 3.70. The second kappa shape index (κ2) is 3.95. The molecule has 15 heavy (non-hydrogen) atoms. The number of likely N-dealkylation sites (N-methyl/N-ethyl adjacent to an activating group) is 1. The molecule has 1 aliphatic rings. The monoisotopic (exact) mass is 210 g/mol. The van der Waals surface area contributed by atoms with Crippen LogP contribution in [0, 0.1) is 0 Å². The smallest absolute Gasteiger partial charge is 0.251 e. The van der Waals surface area contributed by atoms with Gasteiger partial charge in [0, 0.05) is 6.54 Å². The van der Waals surface area contributed by atoms with E-state index in [-0.39, 0.29) is 18.0 Å². The Balaban J connectivity index is 2.07. The van der Waals surface area contributed by atoms with E-state index in [1.807, 2.05) is 11.9 Å². The standard InChI is InChI=1S/C8H14N6O/c1-13-5-6(14-10-2-3-11-14)4-7(13)8(15)12-9/h2-3,6-7H,4-5,9H2,1H3,(H,12,15)/t6-,7-/m0/s1. The molecule has 7 heteroatoms. The van der Waals surface area contributed by atoms with Crippen molar-refractivity contribution in [2.45, 2.75) is 18.5 Å². The normalized spacial score (nSPS) is 26.8. The van der Waals surface area contributed by atoms with Gasteiger partial charge in [0.25, 0.3) is 5.91 Å². The van der Waals surface area contributed by atoms with Gasteiger partial charge in [0.15, 0.2) is 0 Å². The molecule has 1 aromatic rings. The number of aromatic nitrogens is 3. The molecule has 2 atom stereocenters. The van der Waals surface area contributed by atoms with Crippen LogP contribution < -0.4 is 11.3 Å². The van der Waals surface area contributed by atoms with Gasteiger partial charge in [-0.15, -0.1) is 0 Å². The second-order valence-corrected chi connectivity index (χ2v) is 3.70. The Hall–Kier alpha value is -1.47. The highest BCUT2D eigenvalue weighted by atomic mass is 16.2. The zero-order valence-electron chi connectivity index (χ0n) is 8.50. The number of nitrogens with two attached hydrogens (primary N) is 1. The summed E-state index contributed by atoms with van der Waals surface area (Å²) in [4.78, 5) is 15.0.